The number of hydrogen-bond acceptors (Lipinski definition) is 7. The summed E-state index contributed by atoms with van der Waals surface area (Å²) in [6, 6.07) is 12.4. The van der Waals surface area contributed by atoms with Gasteiger partial charge in [-0.25, -0.2) is 9.78 Å². The highest BCUT2D eigenvalue weighted by Gasteiger charge is 2.14. The first-order valence-electron chi connectivity index (χ1n) is 9.17. The Morgan fingerprint density at radius 2 is 1.77 bits per heavy atom. The van der Waals surface area contributed by atoms with E-state index in [-0.39, 0.29) is 18.9 Å². The van der Waals surface area contributed by atoms with Gasteiger partial charge in [0.1, 0.15) is 23.1 Å². The minimum atomic E-state index is -0.515. The first-order valence-corrected chi connectivity index (χ1v) is 10.1. The van der Waals surface area contributed by atoms with E-state index in [4.69, 9.17) is 14.2 Å². The summed E-state index contributed by atoms with van der Waals surface area (Å²) < 4.78 is 15.7. The van der Waals surface area contributed by atoms with Gasteiger partial charge in [0.25, 0.3) is 0 Å². The lowest BCUT2D eigenvalue weighted by Gasteiger charge is -2.08. The van der Waals surface area contributed by atoms with Crippen molar-refractivity contribution in [3.05, 3.63) is 69.7 Å². The Kier molecular flexibility index (Phi) is 7.03. The number of carbonyl (C=O) groups is 2. The second-order valence-corrected chi connectivity index (χ2v) is 7.39. The van der Waals surface area contributed by atoms with Gasteiger partial charge in [0.05, 0.1) is 31.9 Å². The third kappa shape index (κ3) is 5.57. The number of aromatic nitrogens is 1. The number of hydrogen-bond donors (Lipinski definition) is 1. The lowest BCUT2D eigenvalue weighted by atomic mass is 10.2. The average Bonchev–Trinajstić information content (AvgIpc) is 3.20. The number of esters is 1. The average molecular weight is 426 g/mol. The first-order chi connectivity index (χ1) is 14.5. The minimum absolute atomic E-state index is 0.00821. The molecular weight excluding hydrogens is 404 g/mol. The highest BCUT2D eigenvalue weighted by molar-refractivity contribution is 7.09. The van der Waals surface area contributed by atoms with Crippen molar-refractivity contribution in [3.63, 3.8) is 0 Å². The Morgan fingerprint density at radius 1 is 1.07 bits per heavy atom. The van der Waals surface area contributed by atoms with E-state index in [0.717, 1.165) is 11.3 Å². The molecule has 0 spiro atoms. The number of carbonyl (C=O) groups excluding carboxylic acids is 2. The van der Waals surface area contributed by atoms with Crippen molar-refractivity contribution in [1.29, 1.82) is 0 Å². The number of nitrogens with one attached hydrogen (secondary N) is 1. The molecule has 0 atom stereocenters. The molecule has 0 aliphatic heterocycles. The van der Waals surface area contributed by atoms with Gasteiger partial charge < -0.3 is 19.5 Å². The molecule has 0 aliphatic rings. The van der Waals surface area contributed by atoms with Crippen LogP contribution in [-0.2, 0) is 22.6 Å². The van der Waals surface area contributed by atoms with Crippen molar-refractivity contribution < 1.29 is 23.8 Å². The topological polar surface area (TPSA) is 86.8 Å². The molecule has 156 valence electrons. The molecule has 0 saturated heterocycles. The Balaban J connectivity index is 1.56. The maximum Gasteiger partial charge on any atom is 0.338 e. The molecule has 7 nitrogen and oxygen atoms in total. The zero-order chi connectivity index (χ0) is 21.5. The van der Waals surface area contributed by atoms with Gasteiger partial charge in [0, 0.05) is 17.1 Å². The summed E-state index contributed by atoms with van der Waals surface area (Å²) in [4.78, 5) is 29.0. The molecule has 2 aromatic carbocycles. The molecule has 0 saturated carbocycles. The summed E-state index contributed by atoms with van der Waals surface area (Å²) in [5.41, 5.74) is 2.68. The van der Waals surface area contributed by atoms with Gasteiger partial charge in [-0.1, -0.05) is 18.2 Å². The van der Waals surface area contributed by atoms with Crippen molar-refractivity contribution in [2.45, 2.75) is 20.0 Å². The molecule has 8 heteroatoms. The molecule has 0 fully saturated rings. The molecule has 0 bridgehead atoms. The van der Waals surface area contributed by atoms with E-state index in [0.29, 0.717) is 27.8 Å². The van der Waals surface area contributed by atoms with E-state index in [2.05, 4.69) is 10.3 Å². The third-order valence-electron chi connectivity index (χ3n) is 4.27. The van der Waals surface area contributed by atoms with Crippen LogP contribution in [0.1, 0.15) is 26.6 Å². The molecule has 0 radical (unpaired) electrons. The molecule has 0 unspecified atom stereocenters. The number of thiazole rings is 1. The lowest BCUT2D eigenvalue weighted by molar-refractivity contribution is -0.115. The van der Waals surface area contributed by atoms with Gasteiger partial charge in [0.2, 0.25) is 5.91 Å². The van der Waals surface area contributed by atoms with Crippen molar-refractivity contribution in [1.82, 2.24) is 4.98 Å². The monoisotopic (exact) mass is 426 g/mol. The predicted octanol–water partition coefficient (Wildman–Crippen LogP) is 4.01. The van der Waals surface area contributed by atoms with Crippen LogP contribution in [0.2, 0.25) is 0 Å². The van der Waals surface area contributed by atoms with Crippen LogP contribution >= 0.6 is 11.3 Å². The van der Waals surface area contributed by atoms with Crippen LogP contribution in [0.3, 0.4) is 0 Å². The van der Waals surface area contributed by atoms with Crippen molar-refractivity contribution in [3.8, 4) is 11.5 Å². The quantitative estimate of drug-likeness (QED) is 0.548. The summed E-state index contributed by atoms with van der Waals surface area (Å²) in [6.45, 7) is 1.94. The number of anilines is 1. The summed E-state index contributed by atoms with van der Waals surface area (Å²) in [5.74, 6) is 0.332. The van der Waals surface area contributed by atoms with E-state index in [1.165, 1.54) is 25.6 Å². The van der Waals surface area contributed by atoms with Gasteiger partial charge in [-0.3, -0.25) is 4.79 Å². The normalized spacial score (nSPS) is 10.4. The van der Waals surface area contributed by atoms with E-state index in [9.17, 15) is 9.59 Å². The van der Waals surface area contributed by atoms with E-state index >= 15 is 0 Å². The highest BCUT2D eigenvalue weighted by atomic mass is 32.1. The summed E-state index contributed by atoms with van der Waals surface area (Å²) in [6.07, 6.45) is 0.153. The molecule has 30 heavy (non-hydrogen) atoms. The smallest absolute Gasteiger partial charge is 0.338 e. The van der Waals surface area contributed by atoms with E-state index in [1.54, 1.807) is 23.6 Å². The molecule has 3 aromatic rings. The predicted molar refractivity (Wildman–Crippen MR) is 114 cm³/mol. The van der Waals surface area contributed by atoms with Crippen molar-refractivity contribution >= 4 is 28.9 Å². The number of para-hydroxylation sites is 1. The number of methoxy groups -OCH3 is 2. The zero-order valence-electron chi connectivity index (χ0n) is 16.9. The maximum atomic E-state index is 12.4. The summed E-state index contributed by atoms with van der Waals surface area (Å²) in [7, 11) is 3.02. The Hall–Kier alpha value is -3.39. The summed E-state index contributed by atoms with van der Waals surface area (Å²) in [5, 5.41) is 5.30. The van der Waals surface area contributed by atoms with Crippen LogP contribution in [0.25, 0.3) is 0 Å². The maximum absolute atomic E-state index is 12.4. The number of aryl methyl sites for hydroxylation is 1. The van der Waals surface area contributed by atoms with Crippen LogP contribution in [-0.4, -0.2) is 31.1 Å². The van der Waals surface area contributed by atoms with Gasteiger partial charge in [-0.2, -0.15) is 0 Å². The number of nitrogens with zero attached hydrogens (tertiary/aromatic N) is 1. The lowest BCUT2D eigenvalue weighted by Crippen LogP contribution is -2.15. The molecule has 1 aromatic heterocycles. The molecule has 1 heterocycles. The fourth-order valence-electron chi connectivity index (χ4n) is 2.69. The van der Waals surface area contributed by atoms with Crippen LogP contribution in [0, 0.1) is 6.92 Å². The Bertz CT molecular complexity index is 1030. The highest BCUT2D eigenvalue weighted by Crippen LogP contribution is 2.23. The van der Waals surface area contributed by atoms with Gasteiger partial charge >= 0.3 is 5.97 Å². The fourth-order valence-corrected chi connectivity index (χ4v) is 3.47. The number of benzene rings is 2. The molecule has 1 amide bonds. The third-order valence-corrected chi connectivity index (χ3v) is 5.17. The number of ether oxygens (including phenoxy) is 3. The first kappa shape index (κ1) is 21.3. The van der Waals surface area contributed by atoms with Crippen LogP contribution in [0.4, 0.5) is 5.69 Å². The van der Waals surface area contributed by atoms with Gasteiger partial charge in [0.15, 0.2) is 0 Å². The van der Waals surface area contributed by atoms with Crippen LogP contribution < -0.4 is 14.8 Å². The van der Waals surface area contributed by atoms with E-state index < -0.39 is 5.97 Å². The van der Waals surface area contributed by atoms with Crippen molar-refractivity contribution in [2.24, 2.45) is 0 Å². The SMILES string of the molecule is COc1cc(OC)cc(C(=O)OCc2csc(CC(=O)Nc3ccccc3C)n2)c1. The van der Waals surface area contributed by atoms with Gasteiger partial charge in [-0.15, -0.1) is 11.3 Å². The van der Waals surface area contributed by atoms with Crippen LogP contribution in [0.15, 0.2) is 47.8 Å². The second kappa shape index (κ2) is 9.89. The second-order valence-electron chi connectivity index (χ2n) is 6.45. The standard InChI is InChI=1S/C22H22N2O5S/c1-14-6-4-5-7-19(14)24-20(25)11-21-23-16(13-30-21)12-29-22(26)15-8-17(27-2)10-18(9-15)28-3/h4-10,13H,11-12H2,1-3H3,(H,24,25). The number of rotatable bonds is 8. The number of amides is 1. The molecular formula is C22H22N2O5S. The van der Waals surface area contributed by atoms with Crippen molar-refractivity contribution in [2.75, 3.05) is 19.5 Å². The fraction of sp³-hybridized carbons (Fsp3) is 0.227. The Morgan fingerprint density at radius 3 is 2.43 bits per heavy atom. The minimum Gasteiger partial charge on any atom is -0.497 e. The van der Waals surface area contributed by atoms with Crippen LogP contribution in [0.5, 0.6) is 11.5 Å². The molecule has 0 aliphatic carbocycles. The van der Waals surface area contributed by atoms with Gasteiger partial charge in [-0.05, 0) is 30.7 Å². The van der Waals surface area contributed by atoms with E-state index in [1.807, 2.05) is 31.2 Å². The Labute approximate surface area is 178 Å². The molecule has 1 N–H and O–H groups in total. The molecule has 3 rings (SSSR count). The zero-order valence-corrected chi connectivity index (χ0v) is 17.7. The largest absolute Gasteiger partial charge is 0.497 e. The summed E-state index contributed by atoms with van der Waals surface area (Å²) >= 11 is 1.35.